The maximum absolute atomic E-state index is 14.5. The van der Waals surface area contributed by atoms with Gasteiger partial charge in [0.2, 0.25) is 5.91 Å². The lowest BCUT2D eigenvalue weighted by Gasteiger charge is -2.12. The molecule has 7 heteroatoms. The highest BCUT2D eigenvalue weighted by Crippen LogP contribution is 2.29. The summed E-state index contributed by atoms with van der Waals surface area (Å²) in [6.07, 6.45) is 0. The number of carbonyl (C=O) groups excluding carboxylic acids is 1. The summed E-state index contributed by atoms with van der Waals surface area (Å²) in [5.74, 6) is 0.0173. The minimum absolute atomic E-state index is 0.146. The second-order valence-electron chi connectivity index (χ2n) is 7.61. The van der Waals surface area contributed by atoms with Crippen LogP contribution < -0.4 is 5.32 Å². The molecule has 0 saturated carbocycles. The van der Waals surface area contributed by atoms with Crippen molar-refractivity contribution in [3.8, 4) is 17.1 Å². The van der Waals surface area contributed by atoms with E-state index in [-0.39, 0.29) is 17.5 Å². The molecular formula is C25H23FN4OS. The first-order valence-electron chi connectivity index (χ1n) is 10.2. The lowest BCUT2D eigenvalue weighted by atomic mass is 10.1. The zero-order valence-electron chi connectivity index (χ0n) is 18.1. The molecule has 0 atom stereocenters. The van der Waals surface area contributed by atoms with E-state index in [0.29, 0.717) is 16.5 Å². The number of hydrogen-bond acceptors (Lipinski definition) is 4. The van der Waals surface area contributed by atoms with E-state index in [9.17, 15) is 9.18 Å². The minimum Gasteiger partial charge on any atom is -0.325 e. The third kappa shape index (κ3) is 4.73. The van der Waals surface area contributed by atoms with Gasteiger partial charge in [0, 0.05) is 11.4 Å². The van der Waals surface area contributed by atoms with Crippen molar-refractivity contribution < 1.29 is 9.18 Å². The van der Waals surface area contributed by atoms with E-state index in [1.54, 1.807) is 22.8 Å². The smallest absolute Gasteiger partial charge is 0.234 e. The molecule has 0 unspecified atom stereocenters. The average Bonchev–Trinajstić information content (AvgIpc) is 3.19. The third-order valence-corrected chi connectivity index (χ3v) is 5.96. The number of thioether (sulfide) groups is 1. The highest BCUT2D eigenvalue weighted by molar-refractivity contribution is 7.99. The largest absolute Gasteiger partial charge is 0.325 e. The van der Waals surface area contributed by atoms with E-state index in [2.05, 4.69) is 15.5 Å². The Bertz CT molecular complexity index is 1270. The van der Waals surface area contributed by atoms with Gasteiger partial charge in [-0.15, -0.1) is 10.2 Å². The molecule has 0 aliphatic carbocycles. The summed E-state index contributed by atoms with van der Waals surface area (Å²) in [5, 5.41) is 12.0. The Hall–Kier alpha value is -3.45. The van der Waals surface area contributed by atoms with Gasteiger partial charge in [0.1, 0.15) is 5.82 Å². The molecule has 0 fully saturated rings. The number of amides is 1. The molecule has 0 aliphatic rings. The lowest BCUT2D eigenvalue weighted by molar-refractivity contribution is -0.113. The van der Waals surface area contributed by atoms with Crippen molar-refractivity contribution in [2.45, 2.75) is 25.9 Å². The molecule has 0 radical (unpaired) electrons. The van der Waals surface area contributed by atoms with Gasteiger partial charge in [-0.1, -0.05) is 59.3 Å². The fourth-order valence-electron chi connectivity index (χ4n) is 3.38. The van der Waals surface area contributed by atoms with E-state index < -0.39 is 0 Å². The molecule has 0 aliphatic heterocycles. The van der Waals surface area contributed by atoms with Crippen molar-refractivity contribution >= 4 is 23.4 Å². The Kier molecular flexibility index (Phi) is 6.37. The normalized spacial score (nSPS) is 10.9. The minimum atomic E-state index is -0.377. The van der Waals surface area contributed by atoms with Gasteiger partial charge in [0.15, 0.2) is 11.0 Å². The van der Waals surface area contributed by atoms with Gasteiger partial charge < -0.3 is 5.32 Å². The van der Waals surface area contributed by atoms with Crippen LogP contribution in [-0.4, -0.2) is 26.4 Å². The van der Waals surface area contributed by atoms with E-state index in [0.717, 1.165) is 28.1 Å². The SMILES string of the molecule is Cc1ccc(-n2c(SCC(=O)Nc3ccc(C)cc3C)nnc2-c2ccccc2F)cc1. The molecule has 0 saturated heterocycles. The summed E-state index contributed by atoms with van der Waals surface area (Å²) < 4.78 is 16.3. The number of nitrogens with one attached hydrogen (secondary N) is 1. The lowest BCUT2D eigenvalue weighted by Crippen LogP contribution is -2.15. The molecule has 0 spiro atoms. The summed E-state index contributed by atoms with van der Waals surface area (Å²) in [6, 6.07) is 20.2. The van der Waals surface area contributed by atoms with Gasteiger partial charge in [0.25, 0.3) is 0 Å². The Labute approximate surface area is 190 Å². The van der Waals surface area contributed by atoms with Crippen LogP contribution in [0.1, 0.15) is 16.7 Å². The number of aryl methyl sites for hydroxylation is 3. The van der Waals surface area contributed by atoms with E-state index in [1.807, 2.05) is 63.2 Å². The van der Waals surface area contributed by atoms with Crippen molar-refractivity contribution in [1.82, 2.24) is 14.8 Å². The fraction of sp³-hybridized carbons (Fsp3) is 0.160. The van der Waals surface area contributed by atoms with Crippen molar-refractivity contribution in [2.24, 2.45) is 0 Å². The first kappa shape index (κ1) is 21.8. The number of aromatic nitrogens is 3. The summed E-state index contributed by atoms with van der Waals surface area (Å²) in [4.78, 5) is 12.6. The van der Waals surface area contributed by atoms with Crippen LogP contribution in [0.2, 0.25) is 0 Å². The molecule has 162 valence electrons. The van der Waals surface area contributed by atoms with E-state index in [1.165, 1.54) is 17.8 Å². The Morgan fingerprint density at radius 1 is 0.969 bits per heavy atom. The topological polar surface area (TPSA) is 59.8 Å². The molecule has 1 heterocycles. The quantitative estimate of drug-likeness (QED) is 0.384. The Morgan fingerprint density at radius 2 is 1.69 bits per heavy atom. The van der Waals surface area contributed by atoms with Gasteiger partial charge in [-0.3, -0.25) is 9.36 Å². The van der Waals surface area contributed by atoms with E-state index in [4.69, 9.17) is 0 Å². The number of hydrogen-bond donors (Lipinski definition) is 1. The number of nitrogens with zero attached hydrogens (tertiary/aromatic N) is 3. The zero-order chi connectivity index (χ0) is 22.7. The standard InChI is InChI=1S/C25H23FN4OS/c1-16-8-11-19(12-9-16)30-24(20-6-4-5-7-21(20)26)28-29-25(30)32-15-23(31)27-22-13-10-17(2)14-18(22)3/h4-14H,15H2,1-3H3,(H,27,31). The highest BCUT2D eigenvalue weighted by Gasteiger charge is 2.19. The van der Waals surface area contributed by atoms with Crippen LogP contribution in [0.4, 0.5) is 10.1 Å². The maximum atomic E-state index is 14.5. The second-order valence-corrected chi connectivity index (χ2v) is 8.55. The van der Waals surface area contributed by atoms with Crippen LogP contribution >= 0.6 is 11.8 Å². The predicted octanol–water partition coefficient (Wildman–Crippen LogP) is 5.73. The zero-order valence-corrected chi connectivity index (χ0v) is 18.9. The number of benzene rings is 3. The third-order valence-electron chi connectivity index (χ3n) is 5.03. The predicted molar refractivity (Wildman–Crippen MR) is 127 cm³/mol. The van der Waals surface area contributed by atoms with Crippen LogP contribution in [0.5, 0.6) is 0 Å². The van der Waals surface area contributed by atoms with Crippen molar-refractivity contribution in [1.29, 1.82) is 0 Å². The summed E-state index contributed by atoms with van der Waals surface area (Å²) in [6.45, 7) is 5.98. The summed E-state index contributed by atoms with van der Waals surface area (Å²) in [5.41, 5.74) is 5.20. The highest BCUT2D eigenvalue weighted by atomic mass is 32.2. The number of anilines is 1. The molecule has 4 aromatic rings. The van der Waals surface area contributed by atoms with Crippen LogP contribution in [-0.2, 0) is 4.79 Å². The van der Waals surface area contributed by atoms with Crippen LogP contribution in [0.3, 0.4) is 0 Å². The molecule has 32 heavy (non-hydrogen) atoms. The summed E-state index contributed by atoms with van der Waals surface area (Å²) in [7, 11) is 0. The fourth-order valence-corrected chi connectivity index (χ4v) is 4.13. The van der Waals surface area contributed by atoms with Gasteiger partial charge in [-0.2, -0.15) is 0 Å². The number of halogens is 1. The van der Waals surface area contributed by atoms with Crippen LogP contribution in [0.15, 0.2) is 71.9 Å². The molecule has 1 N–H and O–H groups in total. The number of carbonyl (C=O) groups is 1. The second kappa shape index (κ2) is 9.36. The monoisotopic (exact) mass is 446 g/mol. The molecule has 4 rings (SSSR count). The Balaban J connectivity index is 1.61. The molecule has 1 aromatic heterocycles. The van der Waals surface area contributed by atoms with Gasteiger partial charge >= 0.3 is 0 Å². The van der Waals surface area contributed by atoms with Gasteiger partial charge in [-0.05, 0) is 56.7 Å². The van der Waals surface area contributed by atoms with Crippen molar-refractivity contribution in [3.05, 3.63) is 89.2 Å². The van der Waals surface area contributed by atoms with Crippen molar-refractivity contribution in [3.63, 3.8) is 0 Å². The molecule has 3 aromatic carbocycles. The first-order valence-corrected chi connectivity index (χ1v) is 11.2. The molecule has 1 amide bonds. The average molecular weight is 447 g/mol. The van der Waals surface area contributed by atoms with Crippen LogP contribution in [0.25, 0.3) is 17.1 Å². The molecular weight excluding hydrogens is 423 g/mol. The maximum Gasteiger partial charge on any atom is 0.234 e. The van der Waals surface area contributed by atoms with E-state index >= 15 is 0 Å². The van der Waals surface area contributed by atoms with Crippen LogP contribution in [0, 0.1) is 26.6 Å². The van der Waals surface area contributed by atoms with Gasteiger partial charge in [-0.25, -0.2) is 4.39 Å². The van der Waals surface area contributed by atoms with Gasteiger partial charge in [0.05, 0.1) is 11.3 Å². The van der Waals surface area contributed by atoms with Crippen molar-refractivity contribution in [2.75, 3.05) is 11.1 Å². The first-order chi connectivity index (χ1) is 15.4. The molecule has 5 nitrogen and oxygen atoms in total. The number of rotatable bonds is 6. The Morgan fingerprint density at radius 3 is 2.41 bits per heavy atom. The summed E-state index contributed by atoms with van der Waals surface area (Å²) >= 11 is 1.26. The molecule has 0 bridgehead atoms.